The maximum Gasteiger partial charge on any atom is 0.211 e. The maximum absolute atomic E-state index is 7.47. The highest BCUT2D eigenvalue weighted by molar-refractivity contribution is 7.29. The quantitative estimate of drug-likeness (QED) is 0.121. The minimum atomic E-state index is 0.0152. The average molecular weight is 1110 g/mol. The number of allylic oxidation sites excluding steroid dienone is 1. The van der Waals surface area contributed by atoms with E-state index in [9.17, 15) is 0 Å². The Morgan fingerprint density at radius 2 is 1.30 bits per heavy atom. The molecule has 1 aliphatic carbocycles. The molecule has 6 heteroatoms. The van der Waals surface area contributed by atoms with Crippen molar-refractivity contribution in [2.24, 2.45) is 0 Å². The summed E-state index contributed by atoms with van der Waals surface area (Å²) >= 11 is 3.86. The van der Waals surface area contributed by atoms with Gasteiger partial charge in [-0.25, -0.2) is 0 Å². The molecule has 402 valence electrons. The third-order valence-electron chi connectivity index (χ3n) is 18.7. The molecule has 0 bridgehead atoms. The third-order valence-corrected chi connectivity index (χ3v) is 20.9. The number of rotatable bonds is 8. The Kier molecular flexibility index (Phi) is 11.2. The van der Waals surface area contributed by atoms with Crippen LogP contribution in [0.1, 0.15) is 94.7 Å². The molecule has 0 saturated carbocycles. The maximum atomic E-state index is 7.47. The predicted octanol–water partition coefficient (Wildman–Crippen LogP) is 20.5. The topological polar surface area (TPSA) is 30.1 Å². The first-order chi connectivity index (χ1) is 40.2. The fraction of sp³-hybridized carbons (Fsp3) is 0.169. The lowest BCUT2D eigenvalue weighted by Gasteiger charge is -2.42. The van der Waals surface area contributed by atoms with Gasteiger partial charge in [0.15, 0.2) is 0 Å². The van der Waals surface area contributed by atoms with Crippen LogP contribution >= 0.6 is 22.7 Å². The number of thiophene rings is 2. The second kappa shape index (κ2) is 18.5. The van der Waals surface area contributed by atoms with Gasteiger partial charge >= 0.3 is 0 Å². The molecule has 0 fully saturated rings. The van der Waals surface area contributed by atoms with Crippen molar-refractivity contribution in [3.63, 3.8) is 0 Å². The molecule has 16 rings (SSSR count). The lowest BCUT2D eigenvalue weighted by molar-refractivity contribution is 0.332. The summed E-state index contributed by atoms with van der Waals surface area (Å²) in [5, 5.41) is 12.8. The number of para-hydroxylation sites is 1. The average Bonchev–Trinajstić information content (AvgIpc) is 1.61. The number of nitrogens with zero attached hydrogens (tertiary/aromatic N) is 1. The molecule has 0 spiro atoms. The smallest absolute Gasteiger partial charge is 0.211 e. The van der Waals surface area contributed by atoms with Gasteiger partial charge in [0.2, 0.25) is 7.28 Å². The van der Waals surface area contributed by atoms with E-state index in [1.165, 1.54) is 135 Å². The van der Waals surface area contributed by atoms with Crippen LogP contribution in [0.15, 0.2) is 205 Å². The van der Waals surface area contributed by atoms with Gasteiger partial charge in [-0.05, 0) is 162 Å². The van der Waals surface area contributed by atoms with Crippen molar-refractivity contribution in [3.8, 4) is 27.9 Å². The molecule has 14 aromatic rings. The lowest BCUT2D eigenvalue weighted by atomic mass is 9.62. The minimum Gasteiger partial charge on any atom is -0.455 e. The number of benzene rings is 10. The molecule has 0 radical (unpaired) electrons. The van der Waals surface area contributed by atoms with Crippen molar-refractivity contribution < 1.29 is 4.42 Å². The molecular formula is C77H63BN2OS2. The van der Waals surface area contributed by atoms with Crippen molar-refractivity contribution in [3.05, 3.63) is 234 Å². The molecule has 2 aliphatic rings. The van der Waals surface area contributed by atoms with E-state index in [4.69, 9.17) is 4.42 Å². The second-order valence-electron chi connectivity index (χ2n) is 25.9. The van der Waals surface area contributed by atoms with Crippen LogP contribution in [-0.4, -0.2) is 11.8 Å². The molecule has 1 N–H and O–H groups in total. The summed E-state index contributed by atoms with van der Waals surface area (Å²) in [6.45, 7) is 16.7. The van der Waals surface area contributed by atoms with Crippen molar-refractivity contribution in [1.82, 2.24) is 4.57 Å². The van der Waals surface area contributed by atoms with Gasteiger partial charge < -0.3 is 14.3 Å². The fourth-order valence-corrected chi connectivity index (χ4v) is 16.5. The normalized spacial score (nSPS) is 14.8. The summed E-state index contributed by atoms with van der Waals surface area (Å²) in [7, 11) is 0.787. The highest BCUT2D eigenvalue weighted by Crippen LogP contribution is 2.53. The van der Waals surface area contributed by atoms with Gasteiger partial charge in [0.05, 0.1) is 22.1 Å². The molecule has 5 heterocycles. The van der Waals surface area contributed by atoms with Crippen LogP contribution in [0.4, 0.5) is 11.4 Å². The van der Waals surface area contributed by atoms with Crippen molar-refractivity contribution >= 4 is 137 Å². The summed E-state index contributed by atoms with van der Waals surface area (Å²) in [5.74, 6) is 0. The van der Waals surface area contributed by atoms with Gasteiger partial charge in [0.1, 0.15) is 11.2 Å². The third kappa shape index (κ3) is 8.11. The number of hydrogen-bond acceptors (Lipinski definition) is 4. The van der Waals surface area contributed by atoms with Gasteiger partial charge in [-0.1, -0.05) is 194 Å². The van der Waals surface area contributed by atoms with Gasteiger partial charge in [0, 0.05) is 63.4 Å². The molecule has 83 heavy (non-hydrogen) atoms. The Labute approximate surface area is 493 Å². The Hall–Kier alpha value is -8.42. The van der Waals surface area contributed by atoms with Crippen LogP contribution < -0.4 is 15.6 Å². The largest absolute Gasteiger partial charge is 0.455 e. The minimum absolute atomic E-state index is 0.0152. The number of aromatic nitrogens is 1. The van der Waals surface area contributed by atoms with Crippen molar-refractivity contribution in [1.29, 1.82) is 0 Å². The van der Waals surface area contributed by atoms with Crippen molar-refractivity contribution in [2.45, 2.75) is 84.0 Å². The summed E-state index contributed by atoms with van der Waals surface area (Å²) < 4.78 is 15.4. The standard InChI is InChI=1S/C77H63BN2OS2/c1-75(2,3)51-29-31-52(32-30-51)79-61-44-66-55(53-33-27-46(39-65(53)82-66)38-50(48-23-15-10-16-24-48)37-45-19-11-8-12-20-45)41-56(61)67-68-54-25-17-18-26-63(54)81-73(68)69-57-42-59-60(77(6,7)36-35-76(59,4)5)43-62(57)80-71-58-40-49(47-21-13-9-14-22-47)28-34-64(58)83-74(71)78-70(67)72(69)80/h8-34,37,39-44,78-79H,35-36,38H2,1-7H3/b50-37-. The monoisotopic (exact) mass is 1110 g/mol. The van der Waals surface area contributed by atoms with Crippen molar-refractivity contribution in [2.75, 3.05) is 5.32 Å². The zero-order chi connectivity index (χ0) is 56.1. The van der Waals surface area contributed by atoms with E-state index in [-0.39, 0.29) is 16.2 Å². The molecule has 0 atom stereocenters. The molecular weight excluding hydrogens is 1040 g/mol. The van der Waals surface area contributed by atoms with Crippen LogP contribution in [0, 0.1) is 0 Å². The number of hydrogen-bond donors (Lipinski definition) is 1. The predicted molar refractivity (Wildman–Crippen MR) is 362 cm³/mol. The summed E-state index contributed by atoms with van der Waals surface area (Å²) in [5.41, 5.74) is 23.4. The van der Waals surface area contributed by atoms with Crippen LogP contribution in [-0.2, 0) is 22.7 Å². The highest BCUT2D eigenvalue weighted by Gasteiger charge is 2.40. The van der Waals surface area contributed by atoms with Crippen LogP contribution in [0.2, 0.25) is 0 Å². The first-order valence-electron chi connectivity index (χ1n) is 29.5. The molecule has 4 aromatic heterocycles. The fourth-order valence-electron chi connectivity index (χ4n) is 14.1. The Bertz CT molecular complexity index is 5010. The first-order valence-corrected chi connectivity index (χ1v) is 31.1. The molecule has 0 unspecified atom stereocenters. The Morgan fingerprint density at radius 3 is 2.06 bits per heavy atom. The van der Waals surface area contributed by atoms with Crippen LogP contribution in [0.25, 0.3) is 114 Å². The zero-order valence-corrected chi connectivity index (χ0v) is 49.8. The van der Waals surface area contributed by atoms with Crippen LogP contribution in [0.5, 0.6) is 0 Å². The van der Waals surface area contributed by atoms with E-state index in [1.54, 1.807) is 0 Å². The summed E-state index contributed by atoms with van der Waals surface area (Å²) in [6.07, 6.45) is 5.46. The molecule has 3 nitrogen and oxygen atoms in total. The zero-order valence-electron chi connectivity index (χ0n) is 48.1. The highest BCUT2D eigenvalue weighted by atomic mass is 32.1. The van der Waals surface area contributed by atoms with E-state index >= 15 is 0 Å². The number of anilines is 2. The van der Waals surface area contributed by atoms with Gasteiger partial charge in [-0.15, -0.1) is 22.7 Å². The number of furan rings is 1. The molecule has 0 saturated heterocycles. The molecule has 1 aliphatic heterocycles. The van der Waals surface area contributed by atoms with Crippen LogP contribution in [0.3, 0.4) is 0 Å². The van der Waals surface area contributed by atoms with Gasteiger partial charge in [-0.3, -0.25) is 0 Å². The Balaban J connectivity index is 0.993. The molecule has 0 amide bonds. The van der Waals surface area contributed by atoms with E-state index in [1.807, 2.05) is 22.7 Å². The lowest BCUT2D eigenvalue weighted by Crippen LogP contribution is -2.35. The molecule has 10 aromatic carbocycles. The SMILES string of the molecule is CC(C)(C)c1ccc(Nc2cc3sc4cc(C/C(=C/c5ccccc5)c5ccccc5)ccc4c3cc2-c2c3c4c(c5cc6c(cc5n4-c4c(sc5ccc(-c7ccccc7)cc45)B3)C(C)(C)CCC6(C)C)c3oc4ccccc4c23)cc1. The van der Waals surface area contributed by atoms with E-state index in [0.717, 1.165) is 54.5 Å². The van der Waals surface area contributed by atoms with E-state index in [2.05, 4.69) is 265 Å². The first kappa shape index (κ1) is 50.3. The number of nitrogens with one attached hydrogen (secondary N) is 1. The Morgan fingerprint density at radius 1 is 0.602 bits per heavy atom. The second-order valence-corrected chi connectivity index (χ2v) is 28.1. The summed E-state index contributed by atoms with van der Waals surface area (Å²) in [4.78, 5) is 0. The van der Waals surface area contributed by atoms with E-state index in [0.29, 0.717) is 0 Å². The van der Waals surface area contributed by atoms with Gasteiger partial charge in [0.25, 0.3) is 0 Å². The van der Waals surface area contributed by atoms with E-state index < -0.39 is 0 Å². The summed E-state index contributed by atoms with van der Waals surface area (Å²) in [6, 6.07) is 75.0. The number of fused-ring (bicyclic) bond motifs is 15. The van der Waals surface area contributed by atoms with Gasteiger partial charge in [-0.2, -0.15) is 0 Å².